The number of hydrogen-bond donors (Lipinski definition) is 3. The first-order chi connectivity index (χ1) is 8.49. The lowest BCUT2D eigenvalue weighted by molar-refractivity contribution is -0.150. The average Bonchev–Trinajstić information content (AvgIpc) is 2.26. The number of aliphatic carboxylic acids is 2. The van der Waals surface area contributed by atoms with E-state index >= 15 is 0 Å². The molecule has 0 aromatic heterocycles. The van der Waals surface area contributed by atoms with E-state index in [0.29, 0.717) is 0 Å². The SMILES string of the molecule is CC.CC(C)(CC(C)(C)C(=O)NCC(=O)O)C(=O)O. The highest BCUT2D eigenvalue weighted by Gasteiger charge is 2.38. The molecule has 1 amide bonds. The van der Waals surface area contributed by atoms with E-state index in [9.17, 15) is 14.4 Å². The Morgan fingerprint density at radius 1 is 0.947 bits per heavy atom. The average molecular weight is 275 g/mol. The van der Waals surface area contributed by atoms with Gasteiger partial charge in [0.05, 0.1) is 5.41 Å². The fourth-order valence-corrected chi connectivity index (χ4v) is 1.66. The number of carbonyl (C=O) groups excluding carboxylic acids is 1. The first-order valence-electron chi connectivity index (χ1n) is 6.22. The van der Waals surface area contributed by atoms with Crippen LogP contribution in [0.25, 0.3) is 0 Å². The second-order valence-corrected chi connectivity index (χ2v) is 5.33. The van der Waals surface area contributed by atoms with Crippen molar-refractivity contribution in [2.45, 2.75) is 48.0 Å². The number of rotatable bonds is 6. The molecule has 112 valence electrons. The van der Waals surface area contributed by atoms with Crippen LogP contribution in [0.15, 0.2) is 0 Å². The maximum atomic E-state index is 11.7. The molecule has 0 atom stereocenters. The van der Waals surface area contributed by atoms with Gasteiger partial charge in [0.15, 0.2) is 0 Å². The second kappa shape index (κ2) is 7.76. The summed E-state index contributed by atoms with van der Waals surface area (Å²) in [6.45, 7) is 9.78. The molecule has 0 rings (SSSR count). The van der Waals surface area contributed by atoms with Crippen LogP contribution in [-0.4, -0.2) is 34.6 Å². The van der Waals surface area contributed by atoms with Crippen molar-refractivity contribution >= 4 is 17.8 Å². The third kappa shape index (κ3) is 7.43. The molecule has 0 aliphatic rings. The van der Waals surface area contributed by atoms with E-state index in [0.717, 1.165) is 0 Å². The van der Waals surface area contributed by atoms with E-state index in [1.807, 2.05) is 13.8 Å². The zero-order valence-electron chi connectivity index (χ0n) is 12.5. The van der Waals surface area contributed by atoms with Crippen molar-refractivity contribution in [3.05, 3.63) is 0 Å². The third-order valence-corrected chi connectivity index (χ3v) is 2.48. The van der Waals surface area contributed by atoms with Crippen LogP contribution in [0.2, 0.25) is 0 Å². The van der Waals surface area contributed by atoms with Crippen LogP contribution in [0, 0.1) is 10.8 Å². The van der Waals surface area contributed by atoms with Crippen LogP contribution in [0.3, 0.4) is 0 Å². The van der Waals surface area contributed by atoms with Gasteiger partial charge >= 0.3 is 11.9 Å². The highest BCUT2D eigenvalue weighted by molar-refractivity contribution is 5.86. The summed E-state index contributed by atoms with van der Waals surface area (Å²) in [5, 5.41) is 19.7. The van der Waals surface area contributed by atoms with Crippen LogP contribution < -0.4 is 5.32 Å². The van der Waals surface area contributed by atoms with Crippen LogP contribution in [0.1, 0.15) is 48.0 Å². The number of hydrogen-bond acceptors (Lipinski definition) is 3. The van der Waals surface area contributed by atoms with E-state index in [-0.39, 0.29) is 6.42 Å². The molecule has 6 heteroatoms. The van der Waals surface area contributed by atoms with Crippen LogP contribution in [0.5, 0.6) is 0 Å². The quantitative estimate of drug-likeness (QED) is 0.685. The lowest BCUT2D eigenvalue weighted by Gasteiger charge is -2.30. The predicted molar refractivity (Wildman–Crippen MR) is 71.8 cm³/mol. The maximum Gasteiger partial charge on any atom is 0.322 e. The van der Waals surface area contributed by atoms with E-state index < -0.39 is 35.2 Å². The molecule has 0 bridgehead atoms. The highest BCUT2D eigenvalue weighted by atomic mass is 16.4. The topological polar surface area (TPSA) is 104 Å². The number of nitrogens with one attached hydrogen (secondary N) is 1. The molecular weight excluding hydrogens is 250 g/mol. The molecule has 0 aliphatic heterocycles. The summed E-state index contributed by atoms with van der Waals surface area (Å²) in [6.07, 6.45) is 0.126. The molecule has 0 aliphatic carbocycles. The predicted octanol–water partition coefficient (Wildman–Crippen LogP) is 1.74. The molecule has 3 N–H and O–H groups in total. The van der Waals surface area contributed by atoms with Gasteiger partial charge in [-0.1, -0.05) is 27.7 Å². The molecule has 0 saturated carbocycles. The van der Waals surface area contributed by atoms with Crippen molar-refractivity contribution in [1.29, 1.82) is 0 Å². The number of carboxylic acids is 2. The first kappa shape index (κ1) is 19.7. The Kier molecular flexibility index (Phi) is 8.06. The van der Waals surface area contributed by atoms with Crippen LogP contribution in [0.4, 0.5) is 0 Å². The molecule has 6 nitrogen and oxygen atoms in total. The molecule has 0 aromatic rings. The third-order valence-electron chi connectivity index (χ3n) is 2.48. The van der Waals surface area contributed by atoms with Gasteiger partial charge in [-0.2, -0.15) is 0 Å². The molecule has 0 fully saturated rings. The van der Waals surface area contributed by atoms with E-state index in [2.05, 4.69) is 5.32 Å². The van der Waals surface area contributed by atoms with E-state index in [1.54, 1.807) is 13.8 Å². The van der Waals surface area contributed by atoms with Gasteiger partial charge in [0, 0.05) is 5.41 Å². The highest BCUT2D eigenvalue weighted by Crippen LogP contribution is 2.33. The number of amides is 1. The molecule has 0 aromatic carbocycles. The molecule has 0 heterocycles. The van der Waals surface area contributed by atoms with Crippen LogP contribution >= 0.6 is 0 Å². The Morgan fingerprint density at radius 2 is 1.37 bits per heavy atom. The Balaban J connectivity index is 0. The fourth-order valence-electron chi connectivity index (χ4n) is 1.66. The van der Waals surface area contributed by atoms with Crippen LogP contribution in [-0.2, 0) is 14.4 Å². The Hall–Kier alpha value is -1.59. The van der Waals surface area contributed by atoms with Crippen molar-refractivity contribution in [3.8, 4) is 0 Å². The molecule has 19 heavy (non-hydrogen) atoms. The first-order valence-corrected chi connectivity index (χ1v) is 6.22. The summed E-state index contributed by atoms with van der Waals surface area (Å²) in [5.74, 6) is -2.59. The van der Waals surface area contributed by atoms with Gasteiger partial charge in [0.25, 0.3) is 0 Å². The zero-order chi connectivity index (χ0) is 15.9. The summed E-state index contributed by atoms with van der Waals surface area (Å²) >= 11 is 0. The summed E-state index contributed by atoms with van der Waals surface area (Å²) in [7, 11) is 0. The fraction of sp³-hybridized carbons (Fsp3) is 0.769. The van der Waals surface area contributed by atoms with Gasteiger partial charge in [-0.05, 0) is 20.3 Å². The lowest BCUT2D eigenvalue weighted by atomic mass is 9.74. The van der Waals surface area contributed by atoms with Gasteiger partial charge in [0.2, 0.25) is 5.91 Å². The summed E-state index contributed by atoms with van der Waals surface area (Å²) in [4.78, 5) is 33.0. The summed E-state index contributed by atoms with van der Waals surface area (Å²) in [6, 6.07) is 0. The Morgan fingerprint density at radius 3 is 1.68 bits per heavy atom. The molecule has 0 saturated heterocycles. The minimum absolute atomic E-state index is 0.126. The molecule has 0 unspecified atom stereocenters. The lowest BCUT2D eigenvalue weighted by Crippen LogP contribution is -2.43. The second-order valence-electron chi connectivity index (χ2n) is 5.33. The van der Waals surface area contributed by atoms with Gasteiger partial charge in [-0.15, -0.1) is 0 Å². The number of carboxylic acid groups (broad SMARTS) is 2. The standard InChI is InChI=1S/C11H19NO5.C2H6/c1-10(2,6-11(3,4)9(16)17)8(15)12-5-7(13)14;1-2/h5-6H2,1-4H3,(H,12,15)(H,13,14)(H,16,17);1-2H3. The van der Waals surface area contributed by atoms with Gasteiger partial charge < -0.3 is 15.5 Å². The maximum absolute atomic E-state index is 11.7. The normalized spacial score (nSPS) is 11.1. The molecule has 0 spiro atoms. The Bertz CT molecular complexity index is 334. The van der Waals surface area contributed by atoms with Gasteiger partial charge in [-0.25, -0.2) is 0 Å². The van der Waals surface area contributed by atoms with Crippen molar-refractivity contribution < 1.29 is 24.6 Å². The van der Waals surface area contributed by atoms with Crippen molar-refractivity contribution in [1.82, 2.24) is 5.32 Å². The number of carbonyl (C=O) groups is 3. The van der Waals surface area contributed by atoms with Crippen molar-refractivity contribution in [2.75, 3.05) is 6.54 Å². The monoisotopic (exact) mass is 275 g/mol. The smallest absolute Gasteiger partial charge is 0.322 e. The summed E-state index contributed by atoms with van der Waals surface area (Å²) < 4.78 is 0. The van der Waals surface area contributed by atoms with Gasteiger partial charge in [0.1, 0.15) is 6.54 Å². The molecule has 0 radical (unpaired) electrons. The molecular formula is C13H25NO5. The van der Waals surface area contributed by atoms with E-state index in [1.165, 1.54) is 13.8 Å². The summed E-state index contributed by atoms with van der Waals surface area (Å²) in [5.41, 5.74) is -1.97. The van der Waals surface area contributed by atoms with Crippen molar-refractivity contribution in [2.24, 2.45) is 10.8 Å². The Labute approximate surface area is 114 Å². The minimum Gasteiger partial charge on any atom is -0.481 e. The largest absolute Gasteiger partial charge is 0.481 e. The van der Waals surface area contributed by atoms with E-state index in [4.69, 9.17) is 10.2 Å². The zero-order valence-corrected chi connectivity index (χ0v) is 12.5. The minimum atomic E-state index is -1.13. The van der Waals surface area contributed by atoms with Crippen molar-refractivity contribution in [3.63, 3.8) is 0 Å². The van der Waals surface area contributed by atoms with Gasteiger partial charge in [-0.3, -0.25) is 14.4 Å².